The molecule has 1 heterocycles. The summed E-state index contributed by atoms with van der Waals surface area (Å²) in [6, 6.07) is 0. The SMILES string of the molecule is CCCCC[C@H]1CC[C@H](c2cnc([C@H]3CC[C@H](CCC)CC3)nc2)CC1. The number of nitrogens with zero attached hydrogens (tertiary/aromatic N) is 2. The van der Waals surface area contributed by atoms with Gasteiger partial charge in [0.15, 0.2) is 0 Å². The van der Waals surface area contributed by atoms with Crippen LogP contribution in [0.2, 0.25) is 0 Å². The van der Waals surface area contributed by atoms with Crippen molar-refractivity contribution in [1.29, 1.82) is 0 Å². The van der Waals surface area contributed by atoms with Crippen molar-refractivity contribution in [2.24, 2.45) is 11.8 Å². The van der Waals surface area contributed by atoms with Crippen molar-refractivity contribution in [2.45, 2.75) is 116 Å². The first-order valence-electron chi connectivity index (χ1n) is 11.6. The molecule has 3 rings (SSSR count). The van der Waals surface area contributed by atoms with Crippen molar-refractivity contribution in [1.82, 2.24) is 9.97 Å². The third kappa shape index (κ3) is 5.54. The zero-order valence-corrected chi connectivity index (χ0v) is 17.3. The van der Waals surface area contributed by atoms with Crippen LogP contribution in [0.5, 0.6) is 0 Å². The van der Waals surface area contributed by atoms with Crippen LogP contribution in [-0.2, 0) is 0 Å². The maximum absolute atomic E-state index is 4.82. The van der Waals surface area contributed by atoms with E-state index in [1.165, 1.54) is 95.5 Å². The van der Waals surface area contributed by atoms with E-state index >= 15 is 0 Å². The molecule has 2 nitrogen and oxygen atoms in total. The van der Waals surface area contributed by atoms with Crippen molar-refractivity contribution >= 4 is 0 Å². The maximum Gasteiger partial charge on any atom is 0.131 e. The van der Waals surface area contributed by atoms with Gasteiger partial charge in [-0.3, -0.25) is 0 Å². The molecule has 1 aromatic rings. The Morgan fingerprint density at radius 2 is 1.27 bits per heavy atom. The summed E-state index contributed by atoms with van der Waals surface area (Å²) in [6.45, 7) is 4.62. The second kappa shape index (κ2) is 10.4. The lowest BCUT2D eigenvalue weighted by atomic mass is 9.77. The molecule has 2 heteroatoms. The van der Waals surface area contributed by atoms with Gasteiger partial charge in [-0.25, -0.2) is 9.97 Å². The number of unbranched alkanes of at least 4 members (excludes halogenated alkanes) is 2. The zero-order valence-electron chi connectivity index (χ0n) is 17.3. The van der Waals surface area contributed by atoms with Crippen LogP contribution in [0.25, 0.3) is 0 Å². The Hall–Kier alpha value is -0.920. The van der Waals surface area contributed by atoms with E-state index in [0.717, 1.165) is 17.7 Å². The molecule has 0 aliphatic heterocycles. The van der Waals surface area contributed by atoms with Gasteiger partial charge in [-0.2, -0.15) is 0 Å². The Bertz CT molecular complexity index is 493. The van der Waals surface area contributed by atoms with Crippen LogP contribution in [0.1, 0.15) is 127 Å². The summed E-state index contributed by atoms with van der Waals surface area (Å²) in [5, 5.41) is 0. The van der Waals surface area contributed by atoms with E-state index in [9.17, 15) is 0 Å². The van der Waals surface area contributed by atoms with Crippen LogP contribution in [0, 0.1) is 11.8 Å². The molecule has 0 N–H and O–H groups in total. The topological polar surface area (TPSA) is 25.8 Å². The highest BCUT2D eigenvalue weighted by molar-refractivity contribution is 5.14. The standard InChI is InChI=1S/C24H40N2/c1-3-5-6-8-20-9-13-21(14-10-20)23-17-25-24(26-18-23)22-15-11-19(7-4-2)12-16-22/h17-22H,3-16H2,1-2H3/t19-,20-,21-,22-. The minimum atomic E-state index is 0.617. The summed E-state index contributed by atoms with van der Waals surface area (Å²) >= 11 is 0. The summed E-state index contributed by atoms with van der Waals surface area (Å²) < 4.78 is 0. The molecule has 0 unspecified atom stereocenters. The molecule has 2 aliphatic carbocycles. The maximum atomic E-state index is 4.82. The Morgan fingerprint density at radius 1 is 0.692 bits per heavy atom. The van der Waals surface area contributed by atoms with Crippen LogP contribution >= 0.6 is 0 Å². The fraction of sp³-hybridized carbons (Fsp3) is 0.833. The van der Waals surface area contributed by atoms with E-state index < -0.39 is 0 Å². The molecule has 26 heavy (non-hydrogen) atoms. The first-order chi connectivity index (χ1) is 12.8. The van der Waals surface area contributed by atoms with Crippen LogP contribution in [-0.4, -0.2) is 9.97 Å². The molecule has 0 bridgehead atoms. The summed E-state index contributed by atoms with van der Waals surface area (Å²) in [4.78, 5) is 9.63. The average Bonchev–Trinajstić information content (AvgIpc) is 2.70. The third-order valence-corrected chi connectivity index (χ3v) is 7.13. The summed E-state index contributed by atoms with van der Waals surface area (Å²) in [5.74, 6) is 4.40. The molecule has 2 fully saturated rings. The fourth-order valence-electron chi connectivity index (χ4n) is 5.35. The molecular formula is C24H40N2. The van der Waals surface area contributed by atoms with Gasteiger partial charge in [0, 0.05) is 18.3 Å². The van der Waals surface area contributed by atoms with Crippen molar-refractivity contribution in [3.8, 4) is 0 Å². The summed E-state index contributed by atoms with van der Waals surface area (Å²) in [7, 11) is 0. The Labute approximate surface area is 161 Å². The van der Waals surface area contributed by atoms with E-state index in [-0.39, 0.29) is 0 Å². The minimum Gasteiger partial charge on any atom is -0.241 e. The van der Waals surface area contributed by atoms with Gasteiger partial charge >= 0.3 is 0 Å². The van der Waals surface area contributed by atoms with Gasteiger partial charge in [0.2, 0.25) is 0 Å². The predicted molar refractivity (Wildman–Crippen MR) is 110 cm³/mol. The molecule has 0 saturated heterocycles. The molecule has 1 aromatic heterocycles. The predicted octanol–water partition coefficient (Wildman–Crippen LogP) is 7.40. The van der Waals surface area contributed by atoms with Gasteiger partial charge in [0.25, 0.3) is 0 Å². The van der Waals surface area contributed by atoms with Crippen molar-refractivity contribution in [2.75, 3.05) is 0 Å². The largest absolute Gasteiger partial charge is 0.241 e. The van der Waals surface area contributed by atoms with Gasteiger partial charge in [-0.1, -0.05) is 52.4 Å². The molecule has 2 saturated carbocycles. The van der Waals surface area contributed by atoms with Gasteiger partial charge < -0.3 is 0 Å². The van der Waals surface area contributed by atoms with E-state index in [1.807, 2.05) is 0 Å². The lowest BCUT2D eigenvalue weighted by Crippen LogP contribution is -2.16. The highest BCUT2D eigenvalue weighted by Gasteiger charge is 2.25. The molecule has 0 atom stereocenters. The monoisotopic (exact) mass is 356 g/mol. The Kier molecular flexibility index (Phi) is 7.95. The van der Waals surface area contributed by atoms with Crippen molar-refractivity contribution < 1.29 is 0 Å². The highest BCUT2D eigenvalue weighted by Crippen LogP contribution is 2.39. The van der Waals surface area contributed by atoms with Crippen LogP contribution in [0.4, 0.5) is 0 Å². The molecule has 0 amide bonds. The summed E-state index contributed by atoms with van der Waals surface area (Å²) in [6.07, 6.45) is 23.6. The summed E-state index contributed by atoms with van der Waals surface area (Å²) in [5.41, 5.74) is 1.40. The quantitative estimate of drug-likeness (QED) is 0.453. The molecule has 146 valence electrons. The number of hydrogen-bond donors (Lipinski definition) is 0. The Balaban J connectivity index is 1.45. The van der Waals surface area contributed by atoms with Gasteiger partial charge in [-0.15, -0.1) is 0 Å². The first-order valence-corrected chi connectivity index (χ1v) is 11.6. The van der Waals surface area contributed by atoms with E-state index in [2.05, 4.69) is 26.2 Å². The molecule has 0 radical (unpaired) electrons. The zero-order chi connectivity index (χ0) is 18.2. The smallest absolute Gasteiger partial charge is 0.131 e. The van der Waals surface area contributed by atoms with Crippen LogP contribution < -0.4 is 0 Å². The van der Waals surface area contributed by atoms with E-state index in [0.29, 0.717) is 11.8 Å². The lowest BCUT2D eigenvalue weighted by Gasteiger charge is -2.29. The third-order valence-electron chi connectivity index (χ3n) is 7.13. The number of aromatic nitrogens is 2. The fourth-order valence-corrected chi connectivity index (χ4v) is 5.35. The van der Waals surface area contributed by atoms with E-state index in [4.69, 9.17) is 9.97 Å². The average molecular weight is 357 g/mol. The normalized spacial score (nSPS) is 29.6. The van der Waals surface area contributed by atoms with Gasteiger partial charge in [0.1, 0.15) is 5.82 Å². The minimum absolute atomic E-state index is 0.617. The van der Waals surface area contributed by atoms with Crippen LogP contribution in [0.15, 0.2) is 12.4 Å². The second-order valence-corrected chi connectivity index (χ2v) is 9.09. The van der Waals surface area contributed by atoms with Crippen molar-refractivity contribution in [3.63, 3.8) is 0 Å². The molecule has 2 aliphatic rings. The van der Waals surface area contributed by atoms with Crippen LogP contribution in [0.3, 0.4) is 0 Å². The first kappa shape index (κ1) is 19.8. The van der Waals surface area contributed by atoms with E-state index in [1.54, 1.807) is 0 Å². The number of rotatable bonds is 8. The number of hydrogen-bond acceptors (Lipinski definition) is 2. The van der Waals surface area contributed by atoms with Gasteiger partial charge in [-0.05, 0) is 74.7 Å². The Morgan fingerprint density at radius 3 is 1.85 bits per heavy atom. The van der Waals surface area contributed by atoms with Crippen molar-refractivity contribution in [3.05, 3.63) is 23.8 Å². The highest BCUT2D eigenvalue weighted by atomic mass is 14.9. The second-order valence-electron chi connectivity index (χ2n) is 9.09. The van der Waals surface area contributed by atoms with Gasteiger partial charge in [0.05, 0.1) is 0 Å². The molecule has 0 spiro atoms. The molecular weight excluding hydrogens is 316 g/mol. The lowest BCUT2D eigenvalue weighted by molar-refractivity contribution is 0.298. The molecule has 0 aromatic carbocycles.